The Labute approximate surface area is 99.7 Å². The van der Waals surface area contributed by atoms with Crippen LogP contribution in [0.3, 0.4) is 0 Å². The highest BCUT2D eigenvalue weighted by molar-refractivity contribution is 5.37. The summed E-state index contributed by atoms with van der Waals surface area (Å²) in [5.41, 5.74) is 6.85. The SMILES string of the molecule is Cc1ncc(Cn2ccnc2C2CC2)c(N)n1. The van der Waals surface area contributed by atoms with Crippen molar-refractivity contribution >= 4 is 5.82 Å². The molecule has 2 aromatic heterocycles. The largest absolute Gasteiger partial charge is 0.383 e. The van der Waals surface area contributed by atoms with Crippen molar-refractivity contribution in [2.75, 3.05) is 5.73 Å². The maximum atomic E-state index is 5.89. The van der Waals surface area contributed by atoms with Crippen LogP contribution >= 0.6 is 0 Å². The predicted molar refractivity (Wildman–Crippen MR) is 64.5 cm³/mol. The summed E-state index contributed by atoms with van der Waals surface area (Å²) >= 11 is 0. The van der Waals surface area contributed by atoms with Gasteiger partial charge in [-0.1, -0.05) is 0 Å². The summed E-state index contributed by atoms with van der Waals surface area (Å²) in [5, 5.41) is 0. The molecule has 1 fully saturated rings. The van der Waals surface area contributed by atoms with E-state index in [1.54, 1.807) is 6.20 Å². The number of anilines is 1. The molecule has 5 nitrogen and oxygen atoms in total. The van der Waals surface area contributed by atoms with Crippen molar-refractivity contribution in [3.8, 4) is 0 Å². The number of nitrogens with zero attached hydrogens (tertiary/aromatic N) is 4. The van der Waals surface area contributed by atoms with E-state index >= 15 is 0 Å². The fourth-order valence-electron chi connectivity index (χ4n) is 1.97. The molecule has 0 radical (unpaired) electrons. The molecule has 1 aliphatic carbocycles. The second kappa shape index (κ2) is 3.84. The third-order valence-electron chi connectivity index (χ3n) is 3.05. The van der Waals surface area contributed by atoms with Gasteiger partial charge in [-0.25, -0.2) is 15.0 Å². The number of aromatic nitrogens is 4. The highest BCUT2D eigenvalue weighted by Crippen LogP contribution is 2.39. The van der Waals surface area contributed by atoms with Gasteiger partial charge in [0.05, 0.1) is 6.54 Å². The maximum Gasteiger partial charge on any atom is 0.132 e. The third-order valence-corrected chi connectivity index (χ3v) is 3.05. The Bertz CT molecular complexity index is 542. The van der Waals surface area contributed by atoms with E-state index in [0.29, 0.717) is 24.1 Å². The van der Waals surface area contributed by atoms with Crippen molar-refractivity contribution in [2.24, 2.45) is 0 Å². The Morgan fingerprint density at radius 1 is 1.41 bits per heavy atom. The molecule has 0 spiro atoms. The van der Waals surface area contributed by atoms with Crippen molar-refractivity contribution in [3.05, 3.63) is 35.8 Å². The first-order chi connectivity index (χ1) is 8.24. The lowest BCUT2D eigenvalue weighted by molar-refractivity contribution is 0.722. The number of nitrogen functional groups attached to an aromatic ring is 1. The molecule has 1 aliphatic rings. The summed E-state index contributed by atoms with van der Waals surface area (Å²) in [6.07, 6.45) is 8.13. The van der Waals surface area contributed by atoms with Gasteiger partial charge in [-0.15, -0.1) is 0 Å². The van der Waals surface area contributed by atoms with Gasteiger partial charge in [0.1, 0.15) is 17.5 Å². The van der Waals surface area contributed by atoms with Crippen LogP contribution in [0.15, 0.2) is 18.6 Å². The normalized spacial score (nSPS) is 15.1. The molecule has 0 bridgehead atoms. The average molecular weight is 229 g/mol. The van der Waals surface area contributed by atoms with E-state index in [-0.39, 0.29) is 0 Å². The van der Waals surface area contributed by atoms with E-state index in [9.17, 15) is 0 Å². The molecule has 2 heterocycles. The van der Waals surface area contributed by atoms with E-state index in [1.165, 1.54) is 12.8 Å². The molecule has 1 saturated carbocycles. The van der Waals surface area contributed by atoms with E-state index in [4.69, 9.17) is 5.73 Å². The molecular weight excluding hydrogens is 214 g/mol. The summed E-state index contributed by atoms with van der Waals surface area (Å²) in [7, 11) is 0. The van der Waals surface area contributed by atoms with Crippen molar-refractivity contribution in [2.45, 2.75) is 32.2 Å². The van der Waals surface area contributed by atoms with Crippen molar-refractivity contribution in [3.63, 3.8) is 0 Å². The third kappa shape index (κ3) is 2.00. The maximum absolute atomic E-state index is 5.89. The molecule has 0 amide bonds. The lowest BCUT2D eigenvalue weighted by atomic mass is 10.3. The van der Waals surface area contributed by atoms with Crippen LogP contribution in [0, 0.1) is 6.92 Å². The first-order valence-corrected chi connectivity index (χ1v) is 5.83. The number of rotatable bonds is 3. The fourth-order valence-corrected chi connectivity index (χ4v) is 1.97. The minimum absolute atomic E-state index is 0.563. The first-order valence-electron chi connectivity index (χ1n) is 5.83. The van der Waals surface area contributed by atoms with Crippen LogP contribution in [-0.4, -0.2) is 19.5 Å². The Hall–Kier alpha value is -1.91. The molecule has 2 aromatic rings. The molecule has 5 heteroatoms. The summed E-state index contributed by atoms with van der Waals surface area (Å²) in [6, 6.07) is 0. The standard InChI is InChI=1S/C12H15N5/c1-8-15-6-10(11(13)16-8)7-17-5-4-14-12(17)9-2-3-9/h4-6,9H,2-3,7H2,1H3,(H2,13,15,16). The molecule has 0 saturated heterocycles. The highest BCUT2D eigenvalue weighted by atomic mass is 15.1. The van der Waals surface area contributed by atoms with Crippen LogP contribution in [-0.2, 0) is 6.54 Å². The molecule has 17 heavy (non-hydrogen) atoms. The molecule has 3 rings (SSSR count). The van der Waals surface area contributed by atoms with Crippen LogP contribution in [0.25, 0.3) is 0 Å². The second-order valence-corrected chi connectivity index (χ2v) is 4.52. The topological polar surface area (TPSA) is 69.6 Å². The Morgan fingerprint density at radius 3 is 2.94 bits per heavy atom. The lowest BCUT2D eigenvalue weighted by Crippen LogP contribution is -2.08. The number of aryl methyl sites for hydroxylation is 1. The second-order valence-electron chi connectivity index (χ2n) is 4.52. The van der Waals surface area contributed by atoms with E-state index in [1.807, 2.05) is 19.3 Å². The Kier molecular flexibility index (Phi) is 2.31. The van der Waals surface area contributed by atoms with Crippen LogP contribution in [0.5, 0.6) is 0 Å². The van der Waals surface area contributed by atoms with E-state index < -0.39 is 0 Å². The zero-order valence-electron chi connectivity index (χ0n) is 9.80. The summed E-state index contributed by atoms with van der Waals surface area (Å²) in [6.45, 7) is 2.55. The van der Waals surface area contributed by atoms with Gasteiger partial charge in [0.2, 0.25) is 0 Å². The van der Waals surface area contributed by atoms with Gasteiger partial charge in [0.25, 0.3) is 0 Å². The van der Waals surface area contributed by atoms with Crippen molar-refractivity contribution < 1.29 is 0 Å². The van der Waals surface area contributed by atoms with Crippen molar-refractivity contribution in [1.29, 1.82) is 0 Å². The van der Waals surface area contributed by atoms with Gasteiger partial charge >= 0.3 is 0 Å². The zero-order chi connectivity index (χ0) is 11.8. The van der Waals surface area contributed by atoms with Gasteiger partial charge in [-0.2, -0.15) is 0 Å². The van der Waals surface area contributed by atoms with Crippen LogP contribution in [0.2, 0.25) is 0 Å². The smallest absolute Gasteiger partial charge is 0.132 e. The number of imidazole rings is 1. The minimum Gasteiger partial charge on any atom is -0.383 e. The first kappa shape index (κ1) is 10.3. The molecule has 0 unspecified atom stereocenters. The minimum atomic E-state index is 0.563. The Balaban J connectivity index is 1.88. The molecule has 0 aliphatic heterocycles. The van der Waals surface area contributed by atoms with Gasteiger partial charge in [-0.3, -0.25) is 0 Å². The van der Waals surface area contributed by atoms with Gasteiger partial charge < -0.3 is 10.3 Å². The summed E-state index contributed by atoms with van der Waals surface area (Å²) in [4.78, 5) is 12.8. The number of hydrogen-bond acceptors (Lipinski definition) is 4. The zero-order valence-corrected chi connectivity index (χ0v) is 9.80. The van der Waals surface area contributed by atoms with Gasteiger partial charge in [0.15, 0.2) is 0 Å². The van der Waals surface area contributed by atoms with Crippen molar-refractivity contribution in [1.82, 2.24) is 19.5 Å². The molecule has 2 N–H and O–H groups in total. The lowest BCUT2D eigenvalue weighted by Gasteiger charge is -2.08. The average Bonchev–Trinajstić information content (AvgIpc) is 3.03. The van der Waals surface area contributed by atoms with E-state index in [0.717, 1.165) is 11.4 Å². The number of hydrogen-bond donors (Lipinski definition) is 1. The van der Waals surface area contributed by atoms with Crippen LogP contribution in [0.1, 0.15) is 36.0 Å². The quantitative estimate of drug-likeness (QED) is 0.865. The molecular formula is C12H15N5. The van der Waals surface area contributed by atoms with Gasteiger partial charge in [0, 0.05) is 30.1 Å². The Morgan fingerprint density at radius 2 is 2.24 bits per heavy atom. The van der Waals surface area contributed by atoms with Crippen LogP contribution in [0.4, 0.5) is 5.82 Å². The van der Waals surface area contributed by atoms with E-state index in [2.05, 4.69) is 19.5 Å². The molecule has 0 atom stereocenters. The molecule has 88 valence electrons. The predicted octanol–water partition coefficient (Wildman–Crippen LogP) is 1.49. The molecule has 0 aromatic carbocycles. The monoisotopic (exact) mass is 229 g/mol. The summed E-state index contributed by atoms with van der Waals surface area (Å²) < 4.78 is 2.14. The highest BCUT2D eigenvalue weighted by Gasteiger charge is 2.27. The number of nitrogens with two attached hydrogens (primary N) is 1. The van der Waals surface area contributed by atoms with Crippen LogP contribution < -0.4 is 5.73 Å². The fraction of sp³-hybridized carbons (Fsp3) is 0.417. The summed E-state index contributed by atoms with van der Waals surface area (Å²) in [5.74, 6) is 3.06. The van der Waals surface area contributed by atoms with Gasteiger partial charge in [-0.05, 0) is 19.8 Å².